The van der Waals surface area contributed by atoms with E-state index in [0.717, 1.165) is 22.6 Å². The first-order valence-corrected chi connectivity index (χ1v) is 6.72. The lowest BCUT2D eigenvalue weighted by atomic mass is 10.1. The lowest BCUT2D eigenvalue weighted by Gasteiger charge is -2.11. The fourth-order valence-corrected chi connectivity index (χ4v) is 2.03. The summed E-state index contributed by atoms with van der Waals surface area (Å²) in [6, 6.07) is 11.4. The molecular weight excluding hydrogens is 252 g/mol. The van der Waals surface area contributed by atoms with Crippen molar-refractivity contribution in [1.29, 1.82) is 0 Å². The summed E-state index contributed by atoms with van der Waals surface area (Å²) in [5.41, 5.74) is 7.58. The van der Waals surface area contributed by atoms with Gasteiger partial charge in [0.1, 0.15) is 11.5 Å². The Kier molecular flexibility index (Phi) is 4.58. The van der Waals surface area contributed by atoms with Crippen LogP contribution < -0.4 is 11.1 Å². The molecule has 1 aromatic heterocycles. The van der Waals surface area contributed by atoms with Crippen molar-refractivity contribution in [2.75, 3.05) is 0 Å². The zero-order valence-electron chi connectivity index (χ0n) is 11.8. The van der Waals surface area contributed by atoms with E-state index in [2.05, 4.69) is 5.32 Å². The summed E-state index contributed by atoms with van der Waals surface area (Å²) in [6.45, 7) is 4.31. The molecule has 0 saturated carbocycles. The minimum Gasteiger partial charge on any atom is -0.464 e. The van der Waals surface area contributed by atoms with Crippen molar-refractivity contribution in [3.8, 4) is 0 Å². The number of nitrogens with two attached hydrogens (primary N) is 1. The molecule has 3 N–H and O–H groups in total. The lowest BCUT2D eigenvalue weighted by molar-refractivity contribution is -0.121. The summed E-state index contributed by atoms with van der Waals surface area (Å²) in [7, 11) is 0. The number of furan rings is 1. The molecule has 1 unspecified atom stereocenters. The molecule has 0 fully saturated rings. The Balaban J connectivity index is 1.91. The largest absolute Gasteiger partial charge is 0.464 e. The summed E-state index contributed by atoms with van der Waals surface area (Å²) in [4.78, 5) is 12.0. The minimum absolute atomic E-state index is 0.0212. The molecule has 0 aliphatic carbocycles. The van der Waals surface area contributed by atoms with Gasteiger partial charge in [0, 0.05) is 6.54 Å². The number of hydrogen-bond acceptors (Lipinski definition) is 3. The Morgan fingerprint density at radius 1 is 1.20 bits per heavy atom. The van der Waals surface area contributed by atoms with Crippen LogP contribution in [0.2, 0.25) is 0 Å². The summed E-state index contributed by atoms with van der Waals surface area (Å²) >= 11 is 0. The van der Waals surface area contributed by atoms with E-state index < -0.39 is 0 Å². The highest BCUT2D eigenvalue weighted by Crippen LogP contribution is 2.15. The highest BCUT2D eigenvalue weighted by atomic mass is 16.3. The number of rotatable bonds is 5. The third kappa shape index (κ3) is 3.71. The molecule has 0 spiro atoms. The van der Waals surface area contributed by atoms with Gasteiger partial charge in [-0.1, -0.05) is 24.3 Å². The van der Waals surface area contributed by atoms with Crippen LogP contribution in [-0.2, 0) is 17.8 Å². The fourth-order valence-electron chi connectivity index (χ4n) is 2.03. The average Bonchev–Trinajstić information content (AvgIpc) is 2.86. The van der Waals surface area contributed by atoms with Crippen molar-refractivity contribution in [2.45, 2.75) is 32.9 Å². The second-order valence-electron chi connectivity index (χ2n) is 4.94. The van der Waals surface area contributed by atoms with Gasteiger partial charge in [-0.3, -0.25) is 4.79 Å². The molecule has 2 aromatic rings. The Hall–Kier alpha value is -2.07. The molecule has 0 bridgehead atoms. The zero-order valence-corrected chi connectivity index (χ0v) is 11.8. The second-order valence-corrected chi connectivity index (χ2v) is 4.94. The van der Waals surface area contributed by atoms with Gasteiger partial charge >= 0.3 is 0 Å². The molecule has 4 heteroatoms. The van der Waals surface area contributed by atoms with Crippen LogP contribution in [0.3, 0.4) is 0 Å². The van der Waals surface area contributed by atoms with Crippen molar-refractivity contribution < 1.29 is 9.21 Å². The van der Waals surface area contributed by atoms with Crippen LogP contribution in [0.4, 0.5) is 0 Å². The Labute approximate surface area is 119 Å². The van der Waals surface area contributed by atoms with Gasteiger partial charge in [-0.2, -0.15) is 0 Å². The van der Waals surface area contributed by atoms with Crippen LogP contribution in [0.25, 0.3) is 0 Å². The number of nitrogens with one attached hydrogen (secondary N) is 1. The molecule has 1 atom stereocenters. The minimum atomic E-state index is -0.125. The van der Waals surface area contributed by atoms with Crippen LogP contribution in [0.15, 0.2) is 40.8 Å². The number of hydrogen-bond donors (Lipinski definition) is 2. The Bertz CT molecular complexity index is 572. The van der Waals surface area contributed by atoms with Gasteiger partial charge in [-0.15, -0.1) is 0 Å². The van der Waals surface area contributed by atoms with E-state index in [9.17, 15) is 4.79 Å². The van der Waals surface area contributed by atoms with Gasteiger partial charge in [0.2, 0.25) is 5.91 Å². The SMILES string of the molecule is Cc1ccc(C(C)NC(=O)Cc2ccc(CN)cc2)o1. The summed E-state index contributed by atoms with van der Waals surface area (Å²) in [6.07, 6.45) is 0.356. The quantitative estimate of drug-likeness (QED) is 0.878. The van der Waals surface area contributed by atoms with Crippen LogP contribution >= 0.6 is 0 Å². The molecule has 1 heterocycles. The molecule has 20 heavy (non-hydrogen) atoms. The summed E-state index contributed by atoms with van der Waals surface area (Å²) in [5, 5.41) is 2.93. The highest BCUT2D eigenvalue weighted by molar-refractivity contribution is 5.78. The first-order chi connectivity index (χ1) is 9.58. The van der Waals surface area contributed by atoms with Crippen molar-refractivity contribution in [1.82, 2.24) is 5.32 Å². The second kappa shape index (κ2) is 6.39. The maximum absolute atomic E-state index is 12.0. The molecule has 1 amide bonds. The molecule has 106 valence electrons. The summed E-state index contributed by atoms with van der Waals surface area (Å²) < 4.78 is 5.50. The Morgan fingerprint density at radius 2 is 1.85 bits per heavy atom. The Morgan fingerprint density at radius 3 is 2.40 bits per heavy atom. The molecular formula is C16H20N2O2. The number of carbonyl (C=O) groups is 1. The maximum Gasteiger partial charge on any atom is 0.224 e. The van der Waals surface area contributed by atoms with Crippen molar-refractivity contribution in [2.24, 2.45) is 5.73 Å². The van der Waals surface area contributed by atoms with E-state index >= 15 is 0 Å². The number of benzene rings is 1. The van der Waals surface area contributed by atoms with Crippen LogP contribution in [0.1, 0.15) is 35.6 Å². The van der Waals surface area contributed by atoms with Crippen molar-refractivity contribution in [3.63, 3.8) is 0 Å². The average molecular weight is 272 g/mol. The van der Waals surface area contributed by atoms with Gasteiger partial charge in [0.05, 0.1) is 12.5 Å². The van der Waals surface area contributed by atoms with E-state index in [-0.39, 0.29) is 11.9 Å². The van der Waals surface area contributed by atoms with Crippen LogP contribution in [-0.4, -0.2) is 5.91 Å². The van der Waals surface area contributed by atoms with E-state index in [4.69, 9.17) is 10.2 Å². The third-order valence-electron chi connectivity index (χ3n) is 3.19. The topological polar surface area (TPSA) is 68.3 Å². The highest BCUT2D eigenvalue weighted by Gasteiger charge is 2.12. The lowest BCUT2D eigenvalue weighted by Crippen LogP contribution is -2.27. The van der Waals surface area contributed by atoms with E-state index in [1.807, 2.05) is 50.2 Å². The van der Waals surface area contributed by atoms with Gasteiger partial charge in [-0.25, -0.2) is 0 Å². The maximum atomic E-state index is 12.0. The smallest absolute Gasteiger partial charge is 0.224 e. The fraction of sp³-hybridized carbons (Fsp3) is 0.312. The molecule has 0 aliphatic heterocycles. The van der Waals surface area contributed by atoms with Gasteiger partial charge in [0.15, 0.2) is 0 Å². The molecule has 4 nitrogen and oxygen atoms in total. The third-order valence-corrected chi connectivity index (χ3v) is 3.19. The predicted molar refractivity (Wildman–Crippen MR) is 78.0 cm³/mol. The van der Waals surface area contributed by atoms with Crippen LogP contribution in [0.5, 0.6) is 0 Å². The van der Waals surface area contributed by atoms with E-state index in [1.54, 1.807) is 0 Å². The normalized spacial score (nSPS) is 12.2. The summed E-state index contributed by atoms with van der Waals surface area (Å²) in [5.74, 6) is 1.60. The monoisotopic (exact) mass is 272 g/mol. The van der Waals surface area contributed by atoms with E-state index in [0.29, 0.717) is 13.0 Å². The predicted octanol–water partition coefficient (Wildman–Crippen LogP) is 2.47. The van der Waals surface area contributed by atoms with Crippen molar-refractivity contribution in [3.05, 3.63) is 59.0 Å². The van der Waals surface area contributed by atoms with Crippen LogP contribution in [0, 0.1) is 6.92 Å². The van der Waals surface area contributed by atoms with Gasteiger partial charge in [0.25, 0.3) is 0 Å². The van der Waals surface area contributed by atoms with Gasteiger partial charge < -0.3 is 15.5 Å². The van der Waals surface area contributed by atoms with Gasteiger partial charge in [-0.05, 0) is 37.1 Å². The first kappa shape index (κ1) is 14.3. The molecule has 1 aromatic carbocycles. The van der Waals surface area contributed by atoms with Crippen molar-refractivity contribution >= 4 is 5.91 Å². The molecule has 2 rings (SSSR count). The standard InChI is InChI=1S/C16H20N2O2/c1-11-3-8-15(20-11)12(2)18-16(19)9-13-4-6-14(10-17)7-5-13/h3-8,12H,9-10,17H2,1-2H3,(H,18,19). The number of amides is 1. The first-order valence-electron chi connectivity index (χ1n) is 6.72. The number of aryl methyl sites for hydroxylation is 1. The molecule has 0 aliphatic rings. The zero-order chi connectivity index (χ0) is 14.5. The van der Waals surface area contributed by atoms with E-state index in [1.165, 1.54) is 0 Å². The molecule has 0 saturated heterocycles. The molecule has 0 radical (unpaired) electrons. The number of carbonyl (C=O) groups excluding carboxylic acids is 1.